The number of carbonyl (C=O) groups excluding carboxylic acids is 1. The monoisotopic (exact) mass is 527 g/mol. The number of rotatable bonds is 6. The van der Waals surface area contributed by atoms with E-state index < -0.39 is 0 Å². The highest BCUT2D eigenvalue weighted by atomic mass is 32.1. The van der Waals surface area contributed by atoms with E-state index in [1.54, 1.807) is 7.11 Å². The first-order valence-electron chi connectivity index (χ1n) is 13.4. The summed E-state index contributed by atoms with van der Waals surface area (Å²) >= 11 is 1.90. The van der Waals surface area contributed by atoms with Crippen LogP contribution >= 0.6 is 11.3 Å². The lowest BCUT2D eigenvalue weighted by Gasteiger charge is -2.31. The standard InChI is InChI=1S/C31H33N3O3S/c1-3-37-24-12-7-10-22(18-24)29-27-14-8-16-33(27)30-26(25-13-4-5-15-28(25)38-30)20-34(29)31(35)32-19-21-9-6-11-23(17-21)36-2/h6-12,14,16-18,29H,3-5,13,15,19-20H2,1-2H3,(H,32,35)/t29-/m0/s1. The summed E-state index contributed by atoms with van der Waals surface area (Å²) in [6.07, 6.45) is 6.80. The fraction of sp³-hybridized carbons (Fsp3) is 0.323. The number of nitrogens with zero attached hydrogens (tertiary/aromatic N) is 2. The highest BCUT2D eigenvalue weighted by Gasteiger charge is 2.36. The maximum absolute atomic E-state index is 14.1. The van der Waals surface area contributed by atoms with Crippen LogP contribution < -0.4 is 14.8 Å². The summed E-state index contributed by atoms with van der Waals surface area (Å²) in [5.74, 6) is 1.60. The molecule has 2 aliphatic rings. The van der Waals surface area contributed by atoms with Crippen LogP contribution in [0.4, 0.5) is 4.79 Å². The maximum atomic E-state index is 14.1. The zero-order valence-electron chi connectivity index (χ0n) is 21.9. The number of aryl methyl sites for hydroxylation is 1. The van der Waals surface area contributed by atoms with Crippen LogP contribution in [0.15, 0.2) is 66.9 Å². The molecule has 1 atom stereocenters. The quantitative estimate of drug-likeness (QED) is 0.306. The third-order valence-corrected chi connectivity index (χ3v) is 8.84. The second-order valence-electron chi connectivity index (χ2n) is 9.84. The van der Waals surface area contributed by atoms with Gasteiger partial charge in [-0.3, -0.25) is 0 Å². The highest BCUT2D eigenvalue weighted by molar-refractivity contribution is 7.15. The van der Waals surface area contributed by atoms with Crippen LogP contribution in [0.2, 0.25) is 0 Å². The SMILES string of the molecule is CCOc1cccc([C@H]2c3cccn3-c3sc4c(c3CN2C(=O)NCc2cccc(OC)c2)CCCC4)c1. The number of benzene rings is 2. The van der Waals surface area contributed by atoms with Gasteiger partial charge in [0.15, 0.2) is 0 Å². The molecule has 0 bridgehead atoms. The normalized spacial score (nSPS) is 16.2. The zero-order chi connectivity index (χ0) is 26.1. The van der Waals surface area contributed by atoms with Crippen molar-refractivity contribution in [2.24, 2.45) is 0 Å². The van der Waals surface area contributed by atoms with Crippen LogP contribution in [-0.2, 0) is 25.9 Å². The van der Waals surface area contributed by atoms with Gasteiger partial charge in [0.1, 0.15) is 16.5 Å². The first-order valence-corrected chi connectivity index (χ1v) is 14.2. The Morgan fingerprint density at radius 1 is 1.03 bits per heavy atom. The molecule has 1 aliphatic carbocycles. The zero-order valence-corrected chi connectivity index (χ0v) is 22.7. The molecule has 0 saturated heterocycles. The van der Waals surface area contributed by atoms with Gasteiger partial charge in [-0.25, -0.2) is 4.79 Å². The van der Waals surface area contributed by atoms with E-state index in [2.05, 4.69) is 40.3 Å². The van der Waals surface area contributed by atoms with Crippen molar-refractivity contribution >= 4 is 17.4 Å². The third kappa shape index (κ3) is 4.56. The summed E-state index contributed by atoms with van der Waals surface area (Å²) in [6, 6.07) is 19.9. The van der Waals surface area contributed by atoms with E-state index in [0.29, 0.717) is 19.7 Å². The number of methoxy groups -OCH3 is 1. The topological polar surface area (TPSA) is 55.7 Å². The molecule has 0 unspecified atom stereocenters. The van der Waals surface area contributed by atoms with Crippen LogP contribution in [0.25, 0.3) is 5.00 Å². The predicted molar refractivity (Wildman–Crippen MR) is 151 cm³/mol. The van der Waals surface area contributed by atoms with Gasteiger partial charge in [0.05, 0.1) is 32.0 Å². The van der Waals surface area contributed by atoms with Crippen molar-refractivity contribution in [3.8, 4) is 16.5 Å². The van der Waals surface area contributed by atoms with Crippen molar-refractivity contribution in [3.05, 3.63) is 99.7 Å². The summed E-state index contributed by atoms with van der Waals surface area (Å²) in [5.41, 5.74) is 5.87. The Hall–Kier alpha value is -3.71. The smallest absolute Gasteiger partial charge is 0.318 e. The summed E-state index contributed by atoms with van der Waals surface area (Å²) < 4.78 is 13.5. The molecule has 2 aromatic carbocycles. The summed E-state index contributed by atoms with van der Waals surface area (Å²) in [4.78, 5) is 17.5. The Bertz CT molecular complexity index is 1460. The van der Waals surface area contributed by atoms with Gasteiger partial charge in [-0.1, -0.05) is 24.3 Å². The molecule has 6 rings (SSSR count). The first-order chi connectivity index (χ1) is 18.7. The van der Waals surface area contributed by atoms with Crippen molar-refractivity contribution in [1.29, 1.82) is 0 Å². The molecule has 2 amide bonds. The molecule has 196 valence electrons. The molecular weight excluding hydrogens is 494 g/mol. The molecule has 4 aromatic rings. The van der Waals surface area contributed by atoms with Crippen molar-refractivity contribution in [1.82, 2.24) is 14.8 Å². The Morgan fingerprint density at radius 2 is 1.87 bits per heavy atom. The minimum absolute atomic E-state index is 0.0870. The molecule has 7 heteroatoms. The van der Waals surface area contributed by atoms with Crippen LogP contribution in [0, 0.1) is 0 Å². The number of fused-ring (bicyclic) bond motifs is 5. The lowest BCUT2D eigenvalue weighted by atomic mass is 9.95. The molecular formula is C31H33N3O3S. The fourth-order valence-electron chi connectivity index (χ4n) is 5.74. The second-order valence-corrected chi connectivity index (χ2v) is 10.9. The molecule has 1 N–H and O–H groups in total. The van der Waals surface area contributed by atoms with Gasteiger partial charge in [0, 0.05) is 23.2 Å². The van der Waals surface area contributed by atoms with Crippen LogP contribution in [0.1, 0.15) is 58.6 Å². The van der Waals surface area contributed by atoms with E-state index in [4.69, 9.17) is 9.47 Å². The third-order valence-electron chi connectivity index (χ3n) is 7.50. The minimum Gasteiger partial charge on any atom is -0.497 e. The number of hydrogen-bond acceptors (Lipinski definition) is 4. The van der Waals surface area contributed by atoms with Crippen molar-refractivity contribution in [2.45, 2.75) is 51.7 Å². The number of carbonyl (C=O) groups is 1. The number of nitrogens with one attached hydrogen (secondary N) is 1. The molecule has 38 heavy (non-hydrogen) atoms. The van der Waals surface area contributed by atoms with Crippen LogP contribution in [0.3, 0.4) is 0 Å². The Labute approximate surface area is 227 Å². The number of thiophene rings is 1. The van der Waals surface area contributed by atoms with Gasteiger partial charge in [-0.15, -0.1) is 11.3 Å². The summed E-state index contributed by atoms with van der Waals surface area (Å²) in [6.45, 7) is 3.58. The molecule has 0 spiro atoms. The van der Waals surface area contributed by atoms with E-state index in [-0.39, 0.29) is 12.1 Å². The number of ether oxygens (including phenoxy) is 2. The van der Waals surface area contributed by atoms with Crippen molar-refractivity contribution in [3.63, 3.8) is 0 Å². The molecule has 1 aliphatic heterocycles. The van der Waals surface area contributed by atoms with Crippen LogP contribution in [-0.4, -0.2) is 29.2 Å². The number of aromatic nitrogens is 1. The Morgan fingerprint density at radius 3 is 2.74 bits per heavy atom. The average molecular weight is 528 g/mol. The molecule has 0 fully saturated rings. The number of urea groups is 1. The lowest BCUT2D eigenvalue weighted by Crippen LogP contribution is -2.41. The van der Waals surface area contributed by atoms with Gasteiger partial charge in [0.2, 0.25) is 0 Å². The fourth-order valence-corrected chi connectivity index (χ4v) is 7.14. The van der Waals surface area contributed by atoms with Crippen molar-refractivity contribution < 1.29 is 14.3 Å². The van der Waals surface area contributed by atoms with Crippen LogP contribution in [0.5, 0.6) is 11.5 Å². The molecule has 0 saturated carbocycles. The average Bonchev–Trinajstić information content (AvgIpc) is 3.54. The van der Waals surface area contributed by atoms with Crippen molar-refractivity contribution in [2.75, 3.05) is 13.7 Å². The largest absolute Gasteiger partial charge is 0.497 e. The molecule has 0 radical (unpaired) electrons. The number of hydrogen-bond donors (Lipinski definition) is 1. The van der Waals surface area contributed by atoms with Gasteiger partial charge < -0.3 is 24.3 Å². The maximum Gasteiger partial charge on any atom is 0.318 e. The second kappa shape index (κ2) is 10.6. The first kappa shape index (κ1) is 24.6. The minimum atomic E-state index is -0.255. The summed E-state index contributed by atoms with van der Waals surface area (Å²) in [7, 11) is 1.66. The number of amides is 2. The van der Waals surface area contributed by atoms with E-state index >= 15 is 0 Å². The van der Waals surface area contributed by atoms with Gasteiger partial charge in [0.25, 0.3) is 0 Å². The highest BCUT2D eigenvalue weighted by Crippen LogP contribution is 2.44. The Kier molecular flexibility index (Phi) is 6.85. The van der Waals surface area contributed by atoms with E-state index in [1.807, 2.05) is 59.6 Å². The molecule has 6 nitrogen and oxygen atoms in total. The summed E-state index contributed by atoms with van der Waals surface area (Å²) in [5, 5.41) is 4.46. The van der Waals surface area contributed by atoms with E-state index in [9.17, 15) is 4.79 Å². The van der Waals surface area contributed by atoms with Gasteiger partial charge >= 0.3 is 6.03 Å². The van der Waals surface area contributed by atoms with Gasteiger partial charge in [-0.2, -0.15) is 0 Å². The molecule has 2 aromatic heterocycles. The van der Waals surface area contributed by atoms with E-state index in [0.717, 1.165) is 41.2 Å². The molecule has 3 heterocycles. The predicted octanol–water partition coefficient (Wildman–Crippen LogP) is 6.64. The lowest BCUT2D eigenvalue weighted by molar-refractivity contribution is 0.180. The van der Waals surface area contributed by atoms with E-state index in [1.165, 1.54) is 33.8 Å². The Balaban J connectivity index is 1.42. The van der Waals surface area contributed by atoms with Gasteiger partial charge in [-0.05, 0) is 85.7 Å².